The predicted octanol–water partition coefficient (Wildman–Crippen LogP) is 4.52. The van der Waals surface area contributed by atoms with Crippen LogP contribution in [0.3, 0.4) is 0 Å². The standard InChI is InChI=1S/C27H31F2N7O.CH2O2/c1-26(2)11-16(12-27(3,4)34-26)36(6)25-30-13-20(32-33-25)17-8-7-15(9-21(17)37)18-10-19-24(23(29)22(18)28)35(5)14-31-19;2-1-3/h7-10,13-14,16,34,37H,11-12H2,1-6H3;1H,(H,2,3). The van der Waals surface area contributed by atoms with Gasteiger partial charge in [-0.1, -0.05) is 6.07 Å². The van der Waals surface area contributed by atoms with Gasteiger partial charge in [0.05, 0.1) is 18.0 Å². The summed E-state index contributed by atoms with van der Waals surface area (Å²) in [7, 11) is 3.57. The summed E-state index contributed by atoms with van der Waals surface area (Å²) < 4.78 is 31.0. The van der Waals surface area contributed by atoms with E-state index in [2.05, 4.69) is 58.1 Å². The largest absolute Gasteiger partial charge is 0.507 e. The molecular formula is C28H33F2N7O3. The molecule has 1 saturated heterocycles. The van der Waals surface area contributed by atoms with Gasteiger partial charge in [-0.15, -0.1) is 10.2 Å². The van der Waals surface area contributed by atoms with Crippen molar-refractivity contribution in [2.45, 2.75) is 57.7 Å². The molecule has 1 fully saturated rings. The zero-order chi connectivity index (χ0) is 29.4. The van der Waals surface area contributed by atoms with Crippen LogP contribution in [0.15, 0.2) is 36.8 Å². The molecule has 12 heteroatoms. The number of aromatic nitrogens is 5. The lowest BCUT2D eigenvalue weighted by atomic mass is 9.79. The molecule has 0 atom stereocenters. The first-order valence-electron chi connectivity index (χ1n) is 12.7. The number of imidazole rings is 1. The first-order valence-corrected chi connectivity index (χ1v) is 12.7. The average molecular weight is 554 g/mol. The zero-order valence-corrected chi connectivity index (χ0v) is 23.3. The molecule has 0 bridgehead atoms. The maximum absolute atomic E-state index is 14.9. The molecular weight excluding hydrogens is 520 g/mol. The number of nitrogens with zero attached hydrogens (tertiary/aromatic N) is 6. The van der Waals surface area contributed by atoms with Crippen LogP contribution < -0.4 is 10.2 Å². The second-order valence-corrected chi connectivity index (χ2v) is 11.3. The summed E-state index contributed by atoms with van der Waals surface area (Å²) in [6.07, 6.45) is 4.85. The van der Waals surface area contributed by atoms with Crippen molar-refractivity contribution >= 4 is 23.5 Å². The first-order chi connectivity index (χ1) is 18.8. The van der Waals surface area contributed by atoms with Gasteiger partial charge in [0.2, 0.25) is 5.95 Å². The van der Waals surface area contributed by atoms with Crippen LogP contribution in [0.2, 0.25) is 0 Å². The highest BCUT2D eigenvalue weighted by Crippen LogP contribution is 2.36. The lowest BCUT2D eigenvalue weighted by Gasteiger charge is -2.48. The van der Waals surface area contributed by atoms with Crippen molar-refractivity contribution in [1.29, 1.82) is 0 Å². The van der Waals surface area contributed by atoms with Gasteiger partial charge in [-0.3, -0.25) is 4.79 Å². The fourth-order valence-electron chi connectivity index (χ4n) is 5.63. The monoisotopic (exact) mass is 553 g/mol. The Kier molecular flexibility index (Phi) is 7.75. The summed E-state index contributed by atoms with van der Waals surface area (Å²) in [5.41, 5.74) is 1.47. The number of anilines is 1. The van der Waals surface area contributed by atoms with Crippen LogP contribution in [0.4, 0.5) is 14.7 Å². The summed E-state index contributed by atoms with van der Waals surface area (Å²) in [5.74, 6) is -1.62. The van der Waals surface area contributed by atoms with Crippen molar-refractivity contribution in [3.05, 3.63) is 48.4 Å². The van der Waals surface area contributed by atoms with Crippen LogP contribution in [0.25, 0.3) is 33.4 Å². The second kappa shape index (κ2) is 10.8. The number of hydrogen-bond acceptors (Lipinski definition) is 8. The van der Waals surface area contributed by atoms with Gasteiger partial charge < -0.3 is 25.0 Å². The van der Waals surface area contributed by atoms with E-state index in [9.17, 15) is 13.9 Å². The number of rotatable bonds is 4. The Morgan fingerprint density at radius 1 is 1.05 bits per heavy atom. The SMILES string of the molecule is CN(c1ncc(-c2ccc(-c3cc4ncn(C)c4c(F)c3F)cc2O)nn1)C1CC(C)(C)NC(C)(C)C1.O=CO. The van der Waals surface area contributed by atoms with Crippen LogP contribution in [0.1, 0.15) is 40.5 Å². The number of nitrogens with one attached hydrogen (secondary N) is 1. The molecule has 1 aliphatic rings. The number of carbonyl (C=O) groups is 1. The third-order valence-corrected chi connectivity index (χ3v) is 7.05. The van der Waals surface area contributed by atoms with E-state index in [1.54, 1.807) is 25.4 Å². The molecule has 40 heavy (non-hydrogen) atoms. The summed E-state index contributed by atoms with van der Waals surface area (Å²) >= 11 is 0. The molecule has 0 unspecified atom stereocenters. The van der Waals surface area contributed by atoms with E-state index < -0.39 is 11.6 Å². The summed E-state index contributed by atoms with van der Waals surface area (Å²) in [6, 6.07) is 6.28. The number of halogens is 2. The number of phenolic OH excluding ortho intramolecular Hbond substituents is 1. The quantitative estimate of drug-likeness (QED) is 0.312. The summed E-state index contributed by atoms with van der Waals surface area (Å²) in [6.45, 7) is 8.52. The highest BCUT2D eigenvalue weighted by Gasteiger charge is 2.39. The molecule has 3 heterocycles. The topological polar surface area (TPSA) is 129 Å². The number of aryl methyl sites for hydroxylation is 1. The third-order valence-electron chi connectivity index (χ3n) is 7.05. The highest BCUT2D eigenvalue weighted by molar-refractivity contribution is 5.84. The van der Waals surface area contributed by atoms with Crippen molar-refractivity contribution in [1.82, 2.24) is 30.0 Å². The fourth-order valence-corrected chi connectivity index (χ4v) is 5.63. The maximum Gasteiger partial charge on any atom is 0.290 e. The van der Waals surface area contributed by atoms with Crippen LogP contribution in [0.5, 0.6) is 5.75 Å². The van der Waals surface area contributed by atoms with E-state index in [1.807, 2.05) is 7.05 Å². The Hall–Kier alpha value is -4.19. The molecule has 0 amide bonds. The highest BCUT2D eigenvalue weighted by atomic mass is 19.2. The molecule has 4 aromatic rings. The molecule has 212 valence electrons. The minimum Gasteiger partial charge on any atom is -0.507 e. The zero-order valence-electron chi connectivity index (χ0n) is 23.3. The predicted molar refractivity (Wildman–Crippen MR) is 148 cm³/mol. The van der Waals surface area contributed by atoms with Gasteiger partial charge in [-0.25, -0.2) is 18.7 Å². The lowest BCUT2D eigenvalue weighted by molar-refractivity contribution is -0.122. The summed E-state index contributed by atoms with van der Waals surface area (Å²) in [5, 5.41) is 29.9. The minimum absolute atomic E-state index is 0.0135. The minimum atomic E-state index is -0.999. The Morgan fingerprint density at radius 3 is 2.27 bits per heavy atom. The van der Waals surface area contributed by atoms with E-state index in [1.165, 1.54) is 23.0 Å². The van der Waals surface area contributed by atoms with E-state index >= 15 is 0 Å². The van der Waals surface area contributed by atoms with Gasteiger partial charge in [0.15, 0.2) is 11.6 Å². The number of fused-ring (bicyclic) bond motifs is 1. The molecule has 0 radical (unpaired) electrons. The molecule has 3 N–H and O–H groups in total. The fraction of sp³-hybridized carbons (Fsp3) is 0.393. The third kappa shape index (κ3) is 5.71. The summed E-state index contributed by atoms with van der Waals surface area (Å²) in [4.78, 5) is 19.0. The van der Waals surface area contributed by atoms with Gasteiger partial charge in [0, 0.05) is 42.3 Å². The Bertz CT molecular complexity index is 1520. The Morgan fingerprint density at radius 2 is 1.70 bits per heavy atom. The number of piperidine rings is 1. The van der Waals surface area contributed by atoms with Gasteiger partial charge in [-0.2, -0.15) is 0 Å². The molecule has 0 aliphatic carbocycles. The van der Waals surface area contributed by atoms with E-state index in [4.69, 9.17) is 9.90 Å². The molecule has 5 rings (SSSR count). The molecule has 2 aromatic heterocycles. The van der Waals surface area contributed by atoms with Crippen molar-refractivity contribution < 1.29 is 23.8 Å². The van der Waals surface area contributed by atoms with Crippen molar-refractivity contribution in [3.63, 3.8) is 0 Å². The number of aromatic hydroxyl groups is 1. The second-order valence-electron chi connectivity index (χ2n) is 11.3. The maximum atomic E-state index is 14.9. The Balaban J connectivity index is 0.00000118. The molecule has 10 nitrogen and oxygen atoms in total. The first kappa shape index (κ1) is 28.8. The van der Waals surface area contributed by atoms with Crippen LogP contribution >= 0.6 is 0 Å². The number of carboxylic acid groups (broad SMARTS) is 1. The van der Waals surface area contributed by atoms with Gasteiger partial charge >= 0.3 is 0 Å². The van der Waals surface area contributed by atoms with E-state index in [0.717, 1.165) is 12.8 Å². The van der Waals surface area contributed by atoms with Gasteiger partial charge in [0.25, 0.3) is 6.47 Å². The van der Waals surface area contributed by atoms with Crippen molar-refractivity contribution in [3.8, 4) is 28.1 Å². The Labute approximate surface area is 230 Å². The number of hydrogen-bond donors (Lipinski definition) is 3. The van der Waals surface area contributed by atoms with Crippen LogP contribution in [-0.4, -0.2) is 65.6 Å². The normalized spacial score (nSPS) is 16.3. The molecule has 0 saturated carbocycles. The lowest BCUT2D eigenvalue weighted by Crippen LogP contribution is -2.62. The van der Waals surface area contributed by atoms with Crippen LogP contribution in [-0.2, 0) is 11.8 Å². The molecule has 0 spiro atoms. The van der Waals surface area contributed by atoms with Gasteiger partial charge in [0.1, 0.15) is 17.0 Å². The molecule has 2 aromatic carbocycles. The van der Waals surface area contributed by atoms with Gasteiger partial charge in [-0.05, 0) is 64.3 Å². The molecule has 1 aliphatic heterocycles. The number of benzene rings is 2. The van der Waals surface area contributed by atoms with Crippen molar-refractivity contribution in [2.24, 2.45) is 7.05 Å². The van der Waals surface area contributed by atoms with Crippen molar-refractivity contribution in [2.75, 3.05) is 11.9 Å². The van der Waals surface area contributed by atoms with E-state index in [0.29, 0.717) is 28.3 Å². The number of phenols is 1. The smallest absolute Gasteiger partial charge is 0.290 e. The van der Waals surface area contributed by atoms with Crippen LogP contribution in [0, 0.1) is 11.6 Å². The van der Waals surface area contributed by atoms with E-state index in [-0.39, 0.29) is 40.4 Å². The average Bonchev–Trinajstić information content (AvgIpc) is 3.25.